The van der Waals surface area contributed by atoms with Gasteiger partial charge in [0.2, 0.25) is 15.9 Å². The highest BCUT2D eigenvalue weighted by molar-refractivity contribution is 7.89. The maximum Gasteiger partial charge on any atom is 0.248 e. The van der Waals surface area contributed by atoms with Crippen LogP contribution in [-0.2, 0) is 14.8 Å². The Morgan fingerprint density at radius 3 is 2.62 bits per heavy atom. The van der Waals surface area contributed by atoms with Gasteiger partial charge in [-0.15, -0.1) is 0 Å². The van der Waals surface area contributed by atoms with Gasteiger partial charge in [-0.05, 0) is 63.1 Å². The Hall–Kier alpha value is -2.58. The van der Waals surface area contributed by atoms with Crippen molar-refractivity contribution in [1.82, 2.24) is 4.31 Å². The van der Waals surface area contributed by atoms with Crippen LogP contribution in [0, 0.1) is 0 Å². The predicted octanol–water partition coefficient (Wildman–Crippen LogP) is 3.89. The number of hydrogen-bond acceptors (Lipinski definition) is 5. The molecule has 2 aromatic rings. The number of amides is 1. The molecule has 1 amide bonds. The number of anilines is 1. The van der Waals surface area contributed by atoms with Crippen molar-refractivity contribution in [2.45, 2.75) is 44.1 Å². The second-order valence-electron chi connectivity index (χ2n) is 7.13. The SMILES string of the molecule is CC(C)Oc1ccc(S(=O)(=O)N2CCCCC2)cc1NC(=O)C=Cc1ccco1. The molecule has 0 bridgehead atoms. The number of carbonyl (C=O) groups excluding carboxylic acids is 1. The lowest BCUT2D eigenvalue weighted by Gasteiger charge is -2.26. The van der Waals surface area contributed by atoms with Crippen LogP contribution < -0.4 is 10.1 Å². The van der Waals surface area contributed by atoms with Gasteiger partial charge in [0.25, 0.3) is 0 Å². The first-order valence-corrected chi connectivity index (χ1v) is 11.1. The number of nitrogens with zero attached hydrogens (tertiary/aromatic N) is 1. The lowest BCUT2D eigenvalue weighted by molar-refractivity contribution is -0.111. The van der Waals surface area contributed by atoms with Crippen LogP contribution in [0.3, 0.4) is 0 Å². The van der Waals surface area contributed by atoms with Crippen molar-refractivity contribution in [3.8, 4) is 5.75 Å². The number of hydrogen-bond donors (Lipinski definition) is 1. The van der Waals surface area contributed by atoms with Crippen molar-refractivity contribution in [2.24, 2.45) is 0 Å². The van der Waals surface area contributed by atoms with E-state index in [0.717, 1.165) is 19.3 Å². The highest BCUT2D eigenvalue weighted by Crippen LogP contribution is 2.31. The predicted molar refractivity (Wildman–Crippen MR) is 111 cm³/mol. The Morgan fingerprint density at radius 1 is 1.21 bits per heavy atom. The molecule has 0 unspecified atom stereocenters. The fraction of sp³-hybridized carbons (Fsp3) is 0.381. The summed E-state index contributed by atoms with van der Waals surface area (Å²) in [5, 5.41) is 2.72. The molecule has 1 aliphatic rings. The number of rotatable bonds is 7. The summed E-state index contributed by atoms with van der Waals surface area (Å²) in [5.74, 6) is 0.542. The molecule has 3 rings (SSSR count). The van der Waals surface area contributed by atoms with E-state index in [1.54, 1.807) is 18.2 Å². The maximum absolute atomic E-state index is 13.0. The molecule has 1 fully saturated rings. The molecule has 0 radical (unpaired) electrons. The molecule has 29 heavy (non-hydrogen) atoms. The van der Waals surface area contributed by atoms with Crippen LogP contribution in [0.25, 0.3) is 6.08 Å². The minimum Gasteiger partial charge on any atom is -0.489 e. The summed E-state index contributed by atoms with van der Waals surface area (Å²) in [4.78, 5) is 12.5. The van der Waals surface area contributed by atoms with Gasteiger partial charge >= 0.3 is 0 Å². The molecule has 2 heterocycles. The van der Waals surface area contributed by atoms with E-state index in [2.05, 4.69) is 5.32 Å². The number of ether oxygens (including phenoxy) is 1. The van der Waals surface area contributed by atoms with E-state index < -0.39 is 15.9 Å². The van der Waals surface area contributed by atoms with Crippen LogP contribution in [0.2, 0.25) is 0 Å². The standard InChI is InChI=1S/C21H26N2O5S/c1-16(2)28-20-10-9-18(29(25,26)23-12-4-3-5-13-23)15-19(20)22-21(24)11-8-17-7-6-14-27-17/h6-11,14-16H,3-5,12-13H2,1-2H3,(H,22,24). The smallest absolute Gasteiger partial charge is 0.248 e. The van der Waals surface area contributed by atoms with E-state index >= 15 is 0 Å². The molecule has 1 N–H and O–H groups in total. The van der Waals surface area contributed by atoms with E-state index in [1.165, 1.54) is 34.9 Å². The zero-order valence-electron chi connectivity index (χ0n) is 16.6. The van der Waals surface area contributed by atoms with Crippen LogP contribution in [-0.4, -0.2) is 37.8 Å². The van der Waals surface area contributed by atoms with Crippen molar-refractivity contribution in [3.63, 3.8) is 0 Å². The van der Waals surface area contributed by atoms with Crippen LogP contribution in [0.4, 0.5) is 5.69 Å². The molecule has 0 saturated carbocycles. The number of sulfonamides is 1. The van der Waals surface area contributed by atoms with Crippen molar-refractivity contribution < 1.29 is 22.4 Å². The lowest BCUT2D eigenvalue weighted by Crippen LogP contribution is -2.35. The van der Waals surface area contributed by atoms with E-state index in [9.17, 15) is 13.2 Å². The number of piperidine rings is 1. The Balaban J connectivity index is 1.86. The normalized spacial score (nSPS) is 15.7. The second kappa shape index (κ2) is 9.28. The maximum atomic E-state index is 13.0. The van der Waals surface area contributed by atoms with Crippen LogP contribution in [0.1, 0.15) is 38.9 Å². The van der Waals surface area contributed by atoms with Crippen LogP contribution in [0.15, 0.2) is 52.0 Å². The zero-order valence-corrected chi connectivity index (χ0v) is 17.4. The molecule has 0 spiro atoms. The summed E-state index contributed by atoms with van der Waals surface area (Å²) in [6, 6.07) is 8.02. The molecule has 1 aromatic heterocycles. The number of nitrogens with one attached hydrogen (secondary N) is 1. The molecule has 1 aliphatic heterocycles. The highest BCUT2D eigenvalue weighted by atomic mass is 32.2. The van der Waals surface area contributed by atoms with Crippen molar-refractivity contribution in [3.05, 3.63) is 48.4 Å². The minimum absolute atomic E-state index is 0.131. The molecule has 7 nitrogen and oxygen atoms in total. The summed E-state index contributed by atoms with van der Waals surface area (Å²) in [5.41, 5.74) is 0.311. The van der Waals surface area contributed by atoms with Gasteiger partial charge in [0.05, 0.1) is 22.9 Å². The van der Waals surface area contributed by atoms with E-state index in [-0.39, 0.29) is 11.0 Å². The van der Waals surface area contributed by atoms with Gasteiger partial charge in [-0.2, -0.15) is 4.31 Å². The van der Waals surface area contributed by atoms with Gasteiger partial charge < -0.3 is 14.5 Å². The van der Waals surface area contributed by atoms with Gasteiger partial charge in [0, 0.05) is 19.2 Å². The fourth-order valence-electron chi connectivity index (χ4n) is 3.10. The lowest BCUT2D eigenvalue weighted by atomic mass is 10.2. The van der Waals surface area contributed by atoms with E-state index in [4.69, 9.17) is 9.15 Å². The average molecular weight is 419 g/mol. The Kier molecular flexibility index (Phi) is 6.76. The Bertz CT molecular complexity index is 959. The molecule has 0 aliphatic carbocycles. The van der Waals surface area contributed by atoms with Gasteiger partial charge in [0.1, 0.15) is 11.5 Å². The molecular formula is C21H26N2O5S. The van der Waals surface area contributed by atoms with Crippen molar-refractivity contribution in [2.75, 3.05) is 18.4 Å². The molecule has 8 heteroatoms. The quantitative estimate of drug-likeness (QED) is 0.689. The Labute approximate surface area is 171 Å². The molecule has 1 saturated heterocycles. The topological polar surface area (TPSA) is 88.9 Å². The largest absolute Gasteiger partial charge is 0.489 e. The van der Waals surface area contributed by atoms with Crippen LogP contribution in [0.5, 0.6) is 5.75 Å². The third-order valence-corrected chi connectivity index (χ3v) is 6.36. The molecule has 0 atom stereocenters. The molecule has 1 aromatic carbocycles. The number of furan rings is 1. The number of benzene rings is 1. The Morgan fingerprint density at radius 2 is 1.97 bits per heavy atom. The summed E-state index contributed by atoms with van der Waals surface area (Å²) in [6.45, 7) is 4.75. The minimum atomic E-state index is -3.62. The highest BCUT2D eigenvalue weighted by Gasteiger charge is 2.27. The zero-order chi connectivity index (χ0) is 20.9. The number of carbonyl (C=O) groups is 1. The second-order valence-corrected chi connectivity index (χ2v) is 9.07. The van der Waals surface area contributed by atoms with E-state index in [1.807, 2.05) is 13.8 Å². The van der Waals surface area contributed by atoms with Gasteiger partial charge in [0.15, 0.2) is 0 Å². The first kappa shape index (κ1) is 21.1. The van der Waals surface area contributed by atoms with Gasteiger partial charge in [-0.1, -0.05) is 6.42 Å². The van der Waals surface area contributed by atoms with Gasteiger partial charge in [-0.25, -0.2) is 8.42 Å². The summed E-state index contributed by atoms with van der Waals surface area (Å²) in [6.07, 6.45) is 6.99. The first-order chi connectivity index (χ1) is 13.9. The molecule has 156 valence electrons. The summed E-state index contributed by atoms with van der Waals surface area (Å²) >= 11 is 0. The van der Waals surface area contributed by atoms with Gasteiger partial charge in [-0.3, -0.25) is 4.79 Å². The third-order valence-electron chi connectivity index (χ3n) is 4.47. The third kappa shape index (κ3) is 5.48. The molecular weight excluding hydrogens is 392 g/mol. The summed E-state index contributed by atoms with van der Waals surface area (Å²) in [7, 11) is -3.62. The van der Waals surface area contributed by atoms with Crippen molar-refractivity contribution in [1.29, 1.82) is 0 Å². The monoisotopic (exact) mass is 418 g/mol. The first-order valence-electron chi connectivity index (χ1n) is 9.70. The van der Waals surface area contributed by atoms with E-state index in [0.29, 0.717) is 30.3 Å². The summed E-state index contributed by atoms with van der Waals surface area (Å²) < 4.78 is 38.4. The average Bonchev–Trinajstić information content (AvgIpc) is 3.21. The van der Waals surface area contributed by atoms with Crippen molar-refractivity contribution >= 4 is 27.7 Å². The fourth-order valence-corrected chi connectivity index (χ4v) is 4.64. The van der Waals surface area contributed by atoms with Crippen LogP contribution >= 0.6 is 0 Å².